The van der Waals surface area contributed by atoms with Gasteiger partial charge in [-0.05, 0) is 42.2 Å². The summed E-state index contributed by atoms with van der Waals surface area (Å²) in [5.41, 5.74) is 0.380. The van der Waals surface area contributed by atoms with Gasteiger partial charge in [0.05, 0.1) is 5.56 Å². The van der Waals surface area contributed by atoms with Crippen molar-refractivity contribution in [1.29, 1.82) is 0 Å². The Morgan fingerprint density at radius 3 is 2.58 bits per heavy atom. The van der Waals surface area contributed by atoms with Crippen LogP contribution in [-0.2, 0) is 14.8 Å². The van der Waals surface area contributed by atoms with Crippen LogP contribution in [0, 0.1) is 10.8 Å². The lowest BCUT2D eigenvalue weighted by molar-refractivity contribution is -0.132. The van der Waals surface area contributed by atoms with Gasteiger partial charge in [0.25, 0.3) is 15.9 Å². The molecule has 0 aromatic heterocycles. The second kappa shape index (κ2) is 5.31. The number of likely N-dealkylation sites (tertiary alicyclic amines) is 1. The first-order chi connectivity index (χ1) is 12.0. The van der Waals surface area contributed by atoms with Gasteiger partial charge in [-0.15, -0.1) is 0 Å². The maximum absolute atomic E-state index is 12.9. The van der Waals surface area contributed by atoms with Crippen molar-refractivity contribution in [2.45, 2.75) is 51.0 Å². The summed E-state index contributed by atoms with van der Waals surface area (Å²) in [6.07, 6.45) is 2.91. The second-order valence-corrected chi connectivity index (χ2v) is 10.9. The number of sulfonamides is 1. The Morgan fingerprint density at radius 2 is 1.88 bits per heavy atom. The lowest BCUT2D eigenvalue weighted by Gasteiger charge is -2.39. The smallest absolute Gasteiger partial charge is 0.269 e. The molecule has 1 aromatic rings. The molecule has 1 saturated heterocycles. The number of hydrogen-bond donors (Lipinski definition) is 0. The minimum atomic E-state index is -3.94. The first-order valence-corrected chi connectivity index (χ1v) is 10.4. The van der Waals surface area contributed by atoms with E-state index in [0.717, 1.165) is 23.6 Å². The van der Waals surface area contributed by atoms with Crippen molar-refractivity contribution in [1.82, 2.24) is 9.21 Å². The summed E-state index contributed by atoms with van der Waals surface area (Å²) in [6, 6.07) is 6.25. The molecule has 1 aromatic carbocycles. The summed E-state index contributed by atoms with van der Waals surface area (Å²) in [5.74, 6) is -0.885. The van der Waals surface area contributed by atoms with E-state index in [1.807, 2.05) is 0 Å². The van der Waals surface area contributed by atoms with E-state index in [4.69, 9.17) is 0 Å². The van der Waals surface area contributed by atoms with Crippen molar-refractivity contribution in [2.75, 3.05) is 13.1 Å². The molecule has 0 unspecified atom stereocenters. The molecule has 2 bridgehead atoms. The fourth-order valence-electron chi connectivity index (χ4n) is 5.35. The normalized spacial score (nSPS) is 31.2. The second-order valence-electron chi connectivity index (χ2n) is 9.05. The number of carbonyl (C=O) groups excluding carboxylic acids is 2. The third kappa shape index (κ3) is 2.55. The van der Waals surface area contributed by atoms with Gasteiger partial charge in [0.15, 0.2) is 0 Å². The summed E-state index contributed by atoms with van der Waals surface area (Å²) in [7, 11) is -3.94. The van der Waals surface area contributed by atoms with E-state index in [9.17, 15) is 18.0 Å². The highest BCUT2D eigenvalue weighted by molar-refractivity contribution is 7.90. The molecule has 1 saturated carbocycles. The zero-order chi connectivity index (χ0) is 18.9. The molecule has 140 valence electrons. The van der Waals surface area contributed by atoms with Crippen LogP contribution in [0.2, 0.25) is 0 Å². The highest BCUT2D eigenvalue weighted by Crippen LogP contribution is 2.52. The van der Waals surface area contributed by atoms with Crippen LogP contribution in [0.1, 0.15) is 50.4 Å². The van der Waals surface area contributed by atoms with Gasteiger partial charge in [-0.3, -0.25) is 9.59 Å². The SMILES string of the molecule is CC1(C)C[C@@H]2C[C@](C)(CN2C(=O)CN2C(=O)c3ccccc3S2(=O)=O)C1. The first kappa shape index (κ1) is 17.5. The number of rotatable bonds is 2. The molecule has 0 spiro atoms. The summed E-state index contributed by atoms with van der Waals surface area (Å²) < 4.78 is 26.1. The molecule has 2 atom stereocenters. The molecule has 0 N–H and O–H groups in total. The Labute approximate surface area is 154 Å². The maximum atomic E-state index is 12.9. The van der Waals surface area contributed by atoms with Crippen LogP contribution in [0.3, 0.4) is 0 Å². The summed E-state index contributed by atoms with van der Waals surface area (Å²) in [5, 5.41) is 0. The van der Waals surface area contributed by atoms with Crippen LogP contribution < -0.4 is 0 Å². The number of nitrogens with zero attached hydrogens (tertiary/aromatic N) is 2. The van der Waals surface area contributed by atoms with Crippen molar-refractivity contribution in [3.05, 3.63) is 29.8 Å². The van der Waals surface area contributed by atoms with Gasteiger partial charge in [-0.1, -0.05) is 32.9 Å². The van der Waals surface area contributed by atoms with Gasteiger partial charge in [-0.2, -0.15) is 0 Å². The predicted octanol–water partition coefficient (Wildman–Crippen LogP) is 2.26. The standard InChI is InChI=1S/C19H24N2O4S/c1-18(2)8-13-9-19(3,11-18)12-20(13)16(22)10-21-17(23)14-6-4-5-7-15(14)26(21,24)25/h4-7,13H,8-12H2,1-3H3/t13-,19+/m1/s1. The molecule has 7 heteroatoms. The average molecular weight is 376 g/mol. The van der Waals surface area contributed by atoms with Crippen molar-refractivity contribution < 1.29 is 18.0 Å². The Kier molecular flexibility index (Phi) is 3.58. The molecular formula is C19H24N2O4S. The number of benzene rings is 1. The van der Waals surface area contributed by atoms with E-state index >= 15 is 0 Å². The van der Waals surface area contributed by atoms with Crippen LogP contribution in [0.4, 0.5) is 0 Å². The van der Waals surface area contributed by atoms with Crippen LogP contribution in [-0.4, -0.2) is 48.6 Å². The zero-order valence-electron chi connectivity index (χ0n) is 15.4. The predicted molar refractivity (Wildman–Crippen MR) is 95.9 cm³/mol. The Balaban J connectivity index is 1.58. The van der Waals surface area contributed by atoms with Crippen molar-refractivity contribution in [2.24, 2.45) is 10.8 Å². The van der Waals surface area contributed by atoms with Gasteiger partial charge in [0.2, 0.25) is 5.91 Å². The molecule has 26 heavy (non-hydrogen) atoms. The van der Waals surface area contributed by atoms with E-state index in [1.165, 1.54) is 12.1 Å². The third-order valence-electron chi connectivity index (χ3n) is 5.93. The molecule has 6 nitrogen and oxygen atoms in total. The summed E-state index contributed by atoms with van der Waals surface area (Å²) in [6.45, 7) is 6.85. The molecule has 2 heterocycles. The Bertz CT molecular complexity index is 908. The molecule has 3 aliphatic rings. The molecular weight excluding hydrogens is 352 g/mol. The highest BCUT2D eigenvalue weighted by atomic mass is 32.2. The van der Waals surface area contributed by atoms with Crippen LogP contribution >= 0.6 is 0 Å². The van der Waals surface area contributed by atoms with E-state index in [2.05, 4.69) is 20.8 Å². The third-order valence-corrected chi connectivity index (χ3v) is 7.71. The minimum absolute atomic E-state index is 0.00828. The van der Waals surface area contributed by atoms with Crippen molar-refractivity contribution in [3.8, 4) is 0 Å². The van der Waals surface area contributed by atoms with Crippen molar-refractivity contribution >= 4 is 21.8 Å². The molecule has 2 aliphatic heterocycles. The van der Waals surface area contributed by atoms with E-state index in [-0.39, 0.29) is 33.2 Å². The average Bonchev–Trinajstić information content (AvgIpc) is 2.89. The fraction of sp³-hybridized carbons (Fsp3) is 0.579. The first-order valence-electron chi connectivity index (χ1n) is 8.98. The van der Waals surface area contributed by atoms with Crippen LogP contribution in [0.25, 0.3) is 0 Å². The topological polar surface area (TPSA) is 74.8 Å². The molecule has 1 aliphatic carbocycles. The van der Waals surface area contributed by atoms with Crippen LogP contribution in [0.15, 0.2) is 29.2 Å². The lowest BCUT2D eigenvalue weighted by Crippen LogP contribution is -2.45. The maximum Gasteiger partial charge on any atom is 0.269 e. The van der Waals surface area contributed by atoms with Gasteiger partial charge in [0.1, 0.15) is 11.4 Å². The van der Waals surface area contributed by atoms with Gasteiger partial charge in [-0.25, -0.2) is 12.7 Å². The fourth-order valence-corrected chi connectivity index (χ4v) is 6.87. The number of amides is 2. The van der Waals surface area contributed by atoms with Crippen molar-refractivity contribution in [3.63, 3.8) is 0 Å². The minimum Gasteiger partial charge on any atom is -0.338 e. The summed E-state index contributed by atoms with van der Waals surface area (Å²) in [4.78, 5) is 27.3. The Hall–Kier alpha value is -1.89. The van der Waals surface area contributed by atoms with Gasteiger partial charge in [0, 0.05) is 12.6 Å². The monoisotopic (exact) mass is 376 g/mol. The quantitative estimate of drug-likeness (QED) is 0.793. The molecule has 2 amide bonds. The Morgan fingerprint density at radius 1 is 1.19 bits per heavy atom. The van der Waals surface area contributed by atoms with E-state index in [1.54, 1.807) is 17.0 Å². The van der Waals surface area contributed by atoms with E-state index in [0.29, 0.717) is 6.54 Å². The number of fused-ring (bicyclic) bond motifs is 3. The van der Waals surface area contributed by atoms with E-state index < -0.39 is 22.5 Å². The van der Waals surface area contributed by atoms with Gasteiger partial charge >= 0.3 is 0 Å². The zero-order valence-corrected chi connectivity index (χ0v) is 16.2. The summed E-state index contributed by atoms with van der Waals surface area (Å²) >= 11 is 0. The molecule has 4 rings (SSSR count). The molecule has 0 radical (unpaired) electrons. The number of carbonyl (C=O) groups is 2. The lowest BCUT2D eigenvalue weighted by atomic mass is 9.65. The molecule has 2 fully saturated rings. The van der Waals surface area contributed by atoms with Gasteiger partial charge < -0.3 is 4.90 Å². The highest BCUT2D eigenvalue weighted by Gasteiger charge is 2.52. The van der Waals surface area contributed by atoms with Crippen LogP contribution in [0.5, 0.6) is 0 Å². The largest absolute Gasteiger partial charge is 0.338 e. The number of hydrogen-bond acceptors (Lipinski definition) is 4.